The molecule has 1 fully saturated rings. The van der Waals surface area contributed by atoms with Gasteiger partial charge in [0.25, 0.3) is 0 Å². The number of nitrogens with two attached hydrogens (primary N) is 2. The molecule has 0 aromatic heterocycles. The summed E-state index contributed by atoms with van der Waals surface area (Å²) in [5, 5.41) is 26.8. The fourth-order valence-electron chi connectivity index (χ4n) is 1.96. The molecule has 0 aromatic rings. The Morgan fingerprint density at radius 2 is 1.89 bits per heavy atom. The van der Waals surface area contributed by atoms with Crippen LogP contribution in [0.15, 0.2) is 0 Å². The maximum atomic E-state index is 10.9. The molecule has 0 aliphatic heterocycles. The summed E-state index contributed by atoms with van der Waals surface area (Å²) in [6, 6.07) is -0.589. The maximum absolute atomic E-state index is 10.9. The summed E-state index contributed by atoms with van der Waals surface area (Å²) in [5.41, 5.74) is 10.2. The largest absolute Gasteiger partial charge is 0.479 e. The van der Waals surface area contributed by atoms with Crippen LogP contribution < -0.4 is 11.5 Å². The van der Waals surface area contributed by atoms with E-state index in [9.17, 15) is 14.7 Å². The summed E-state index contributed by atoms with van der Waals surface area (Å²) in [4.78, 5) is 21.5. The van der Waals surface area contributed by atoms with Crippen LogP contribution in [-0.4, -0.2) is 51.2 Å². The molecular formula is C10H18N2O6. The maximum Gasteiger partial charge on any atom is 0.336 e. The van der Waals surface area contributed by atoms with Gasteiger partial charge < -0.3 is 31.5 Å². The van der Waals surface area contributed by atoms with E-state index in [1.54, 1.807) is 0 Å². The molecule has 0 aromatic carbocycles. The molecule has 1 rings (SSSR count). The summed E-state index contributed by atoms with van der Waals surface area (Å²) < 4.78 is 5.10. The molecule has 0 bridgehead atoms. The molecule has 2 unspecified atom stereocenters. The van der Waals surface area contributed by atoms with E-state index in [0.29, 0.717) is 19.3 Å². The normalized spacial score (nSPS) is 31.6. The van der Waals surface area contributed by atoms with Crippen molar-refractivity contribution < 1.29 is 29.6 Å². The Hall–Kier alpha value is -1.22. The zero-order valence-electron chi connectivity index (χ0n) is 9.78. The third-order valence-electron chi connectivity index (χ3n) is 3.09. The fourth-order valence-corrected chi connectivity index (χ4v) is 1.96. The van der Waals surface area contributed by atoms with E-state index in [1.807, 2.05) is 0 Å². The lowest BCUT2D eigenvalue weighted by molar-refractivity contribution is -0.194. The summed E-state index contributed by atoms with van der Waals surface area (Å²) in [6.07, 6.45) is -1.67. The molecule has 18 heavy (non-hydrogen) atoms. The van der Waals surface area contributed by atoms with E-state index < -0.39 is 35.9 Å². The molecular weight excluding hydrogens is 244 g/mol. The van der Waals surface area contributed by atoms with Gasteiger partial charge in [-0.05, 0) is 19.3 Å². The second-order valence-corrected chi connectivity index (χ2v) is 4.47. The average Bonchev–Trinajstić information content (AvgIpc) is 2.29. The molecule has 1 saturated carbocycles. The predicted molar refractivity (Wildman–Crippen MR) is 59.5 cm³/mol. The summed E-state index contributed by atoms with van der Waals surface area (Å²) in [7, 11) is 0. The second-order valence-electron chi connectivity index (χ2n) is 4.47. The van der Waals surface area contributed by atoms with Crippen molar-refractivity contribution in [2.75, 3.05) is 0 Å². The molecule has 0 radical (unpaired) electrons. The smallest absolute Gasteiger partial charge is 0.336 e. The van der Waals surface area contributed by atoms with Gasteiger partial charge in [-0.15, -0.1) is 0 Å². The number of hydrogen-bond donors (Lipinski definition) is 5. The van der Waals surface area contributed by atoms with Gasteiger partial charge in [-0.25, -0.2) is 9.59 Å². The van der Waals surface area contributed by atoms with Gasteiger partial charge in [0.2, 0.25) is 0 Å². The Morgan fingerprint density at radius 1 is 1.28 bits per heavy atom. The Labute approximate surface area is 104 Å². The minimum absolute atomic E-state index is 0.324. The van der Waals surface area contributed by atoms with E-state index in [2.05, 4.69) is 0 Å². The quantitative estimate of drug-likeness (QED) is 0.373. The van der Waals surface area contributed by atoms with E-state index >= 15 is 0 Å². The van der Waals surface area contributed by atoms with Crippen molar-refractivity contribution in [2.45, 2.75) is 49.7 Å². The third kappa shape index (κ3) is 3.16. The number of rotatable bonds is 5. The first-order valence-electron chi connectivity index (χ1n) is 5.64. The summed E-state index contributed by atoms with van der Waals surface area (Å²) in [6.45, 7) is 0. The number of carbonyl (C=O) groups is 2. The van der Waals surface area contributed by atoms with E-state index in [0.717, 1.165) is 6.42 Å². The van der Waals surface area contributed by atoms with Gasteiger partial charge >= 0.3 is 11.9 Å². The Bertz CT molecular complexity index is 336. The van der Waals surface area contributed by atoms with Crippen LogP contribution in [0.5, 0.6) is 0 Å². The SMILES string of the molecule is N[C@@H]1CCCC[C@]1(N)OC(C(=O)O)C(O)C(=O)O. The fraction of sp³-hybridized carbons (Fsp3) is 0.800. The van der Waals surface area contributed by atoms with Crippen LogP contribution >= 0.6 is 0 Å². The Morgan fingerprint density at radius 3 is 2.33 bits per heavy atom. The zero-order chi connectivity index (χ0) is 13.9. The van der Waals surface area contributed by atoms with Crippen LogP contribution in [0.1, 0.15) is 25.7 Å². The van der Waals surface area contributed by atoms with Crippen molar-refractivity contribution in [1.82, 2.24) is 0 Å². The van der Waals surface area contributed by atoms with Gasteiger partial charge in [-0.1, -0.05) is 6.42 Å². The molecule has 1 aliphatic carbocycles. The first-order chi connectivity index (χ1) is 8.28. The highest BCUT2D eigenvalue weighted by molar-refractivity contribution is 5.83. The predicted octanol–water partition coefficient (Wildman–Crippen LogP) is -1.54. The third-order valence-corrected chi connectivity index (χ3v) is 3.09. The van der Waals surface area contributed by atoms with Crippen molar-refractivity contribution in [3.05, 3.63) is 0 Å². The number of ether oxygens (including phenoxy) is 1. The highest BCUT2D eigenvalue weighted by atomic mass is 16.6. The Balaban J connectivity index is 2.82. The van der Waals surface area contributed by atoms with Crippen molar-refractivity contribution in [2.24, 2.45) is 11.5 Å². The number of aliphatic hydroxyl groups is 1. The number of aliphatic hydroxyl groups excluding tert-OH is 1. The van der Waals surface area contributed by atoms with Gasteiger partial charge in [0, 0.05) is 6.04 Å². The van der Waals surface area contributed by atoms with Gasteiger partial charge in [0.1, 0.15) is 5.72 Å². The van der Waals surface area contributed by atoms with Crippen LogP contribution in [-0.2, 0) is 14.3 Å². The Kier molecular flexibility index (Phi) is 4.63. The van der Waals surface area contributed by atoms with Crippen molar-refractivity contribution in [1.29, 1.82) is 0 Å². The van der Waals surface area contributed by atoms with Crippen LogP contribution in [0.4, 0.5) is 0 Å². The minimum atomic E-state index is -2.18. The average molecular weight is 262 g/mol. The second kappa shape index (κ2) is 5.61. The first kappa shape index (κ1) is 14.8. The molecule has 0 spiro atoms. The molecule has 1 aliphatic rings. The summed E-state index contributed by atoms with van der Waals surface area (Å²) in [5.74, 6) is -3.28. The van der Waals surface area contributed by atoms with Crippen molar-refractivity contribution in [3.8, 4) is 0 Å². The number of carboxylic acids is 2. The molecule has 8 nitrogen and oxygen atoms in total. The van der Waals surface area contributed by atoms with Gasteiger partial charge in [-0.3, -0.25) is 0 Å². The van der Waals surface area contributed by atoms with Crippen molar-refractivity contribution in [3.63, 3.8) is 0 Å². The van der Waals surface area contributed by atoms with E-state index in [-0.39, 0.29) is 0 Å². The van der Waals surface area contributed by atoms with Crippen LogP contribution in [0.3, 0.4) is 0 Å². The summed E-state index contributed by atoms with van der Waals surface area (Å²) >= 11 is 0. The minimum Gasteiger partial charge on any atom is -0.479 e. The van der Waals surface area contributed by atoms with Crippen LogP contribution in [0.25, 0.3) is 0 Å². The molecule has 0 heterocycles. The van der Waals surface area contributed by atoms with Crippen molar-refractivity contribution >= 4 is 11.9 Å². The lowest BCUT2D eigenvalue weighted by atomic mass is 9.87. The highest BCUT2D eigenvalue weighted by Gasteiger charge is 2.44. The molecule has 0 saturated heterocycles. The monoisotopic (exact) mass is 262 g/mol. The zero-order valence-corrected chi connectivity index (χ0v) is 9.78. The van der Waals surface area contributed by atoms with E-state index in [1.165, 1.54) is 0 Å². The van der Waals surface area contributed by atoms with E-state index in [4.69, 9.17) is 26.4 Å². The standard InChI is InChI=1S/C10H18N2O6/c11-5-3-1-2-4-10(5,12)18-7(9(16)17)6(13)8(14)15/h5-7,13H,1-4,11-12H2,(H,14,15)(H,16,17)/t5-,6?,7?,10+/m1/s1. The van der Waals surface area contributed by atoms with Gasteiger partial charge in [0.15, 0.2) is 12.2 Å². The number of carboxylic acid groups (broad SMARTS) is 2. The molecule has 104 valence electrons. The molecule has 0 amide bonds. The molecule has 8 heteroatoms. The first-order valence-corrected chi connectivity index (χ1v) is 5.64. The van der Waals surface area contributed by atoms with Crippen LogP contribution in [0, 0.1) is 0 Å². The lowest BCUT2D eigenvalue weighted by Gasteiger charge is -2.40. The number of hydrogen-bond acceptors (Lipinski definition) is 6. The van der Waals surface area contributed by atoms with Gasteiger partial charge in [0.05, 0.1) is 0 Å². The van der Waals surface area contributed by atoms with Gasteiger partial charge in [-0.2, -0.15) is 0 Å². The number of aliphatic carboxylic acids is 2. The van der Waals surface area contributed by atoms with Crippen LogP contribution in [0.2, 0.25) is 0 Å². The highest BCUT2D eigenvalue weighted by Crippen LogP contribution is 2.28. The lowest BCUT2D eigenvalue weighted by Crippen LogP contribution is -2.62. The molecule has 7 N–H and O–H groups in total. The topological polar surface area (TPSA) is 156 Å². The molecule has 4 atom stereocenters.